The first kappa shape index (κ1) is 47.8. The van der Waals surface area contributed by atoms with Gasteiger partial charge in [-0.3, -0.25) is 18.6 Å². The summed E-state index contributed by atoms with van der Waals surface area (Å²) in [5.41, 5.74) is 0. The normalized spacial score (nSPS) is 13.8. The van der Waals surface area contributed by atoms with E-state index < -0.39 is 26.5 Å². The number of unbranched alkanes of at least 4 members (excludes halogenated alkanes) is 20. The number of nitrogens with zero attached hydrogens (tertiary/aromatic N) is 1. The number of quaternary nitrogens is 1. The predicted octanol–water partition coefficient (Wildman–Crippen LogP) is 10.6. The lowest BCUT2D eigenvalue weighted by atomic mass is 10.0. The number of phosphoric acid groups is 1. The van der Waals surface area contributed by atoms with Crippen molar-refractivity contribution in [1.29, 1.82) is 0 Å². The van der Waals surface area contributed by atoms with Crippen LogP contribution in [-0.2, 0) is 32.7 Å². The van der Waals surface area contributed by atoms with Crippen molar-refractivity contribution in [2.45, 2.75) is 180 Å². The van der Waals surface area contributed by atoms with Crippen LogP contribution in [0.3, 0.4) is 0 Å². The Labute approximate surface area is 301 Å². The van der Waals surface area contributed by atoms with E-state index in [1.165, 1.54) is 83.5 Å². The zero-order valence-electron chi connectivity index (χ0n) is 32.4. The topological polar surface area (TPSA) is 108 Å². The van der Waals surface area contributed by atoms with E-state index in [0.29, 0.717) is 23.9 Å². The summed E-state index contributed by atoms with van der Waals surface area (Å²) >= 11 is 0. The van der Waals surface area contributed by atoms with Gasteiger partial charge in [0.05, 0.1) is 27.7 Å². The molecular formula is C39H77NO8P+. The number of phosphoric ester groups is 1. The van der Waals surface area contributed by atoms with Gasteiger partial charge in [-0.15, -0.1) is 0 Å². The van der Waals surface area contributed by atoms with Gasteiger partial charge in [-0.2, -0.15) is 0 Å². The highest BCUT2D eigenvalue weighted by molar-refractivity contribution is 7.47. The minimum atomic E-state index is -4.36. The number of carbonyl (C=O) groups excluding carboxylic acids is 2. The molecule has 0 radical (unpaired) electrons. The van der Waals surface area contributed by atoms with Crippen molar-refractivity contribution in [1.82, 2.24) is 0 Å². The van der Waals surface area contributed by atoms with E-state index in [2.05, 4.69) is 26.0 Å². The fourth-order valence-corrected chi connectivity index (χ4v) is 6.11. The molecule has 1 N–H and O–H groups in total. The van der Waals surface area contributed by atoms with Gasteiger partial charge in [0.25, 0.3) is 0 Å². The van der Waals surface area contributed by atoms with Gasteiger partial charge in [0.2, 0.25) is 0 Å². The molecule has 0 aromatic carbocycles. The third-order valence-electron chi connectivity index (χ3n) is 8.53. The molecule has 49 heavy (non-hydrogen) atoms. The second kappa shape index (κ2) is 32.6. The van der Waals surface area contributed by atoms with E-state index in [9.17, 15) is 19.0 Å². The number of rotatable bonds is 36. The van der Waals surface area contributed by atoms with Crippen molar-refractivity contribution in [2.24, 2.45) is 0 Å². The van der Waals surface area contributed by atoms with Gasteiger partial charge in [-0.05, 0) is 32.1 Å². The van der Waals surface area contributed by atoms with E-state index >= 15 is 0 Å². The number of carbonyl (C=O) groups is 2. The molecule has 0 aliphatic carbocycles. The van der Waals surface area contributed by atoms with Crippen molar-refractivity contribution in [3.63, 3.8) is 0 Å². The van der Waals surface area contributed by atoms with Crippen LogP contribution in [0.2, 0.25) is 0 Å². The Morgan fingerprint density at radius 3 is 1.59 bits per heavy atom. The number of esters is 2. The maximum absolute atomic E-state index is 12.6. The summed E-state index contributed by atoms with van der Waals surface area (Å²) in [4.78, 5) is 35.1. The molecule has 0 aromatic heterocycles. The second-order valence-corrected chi connectivity index (χ2v) is 16.1. The summed E-state index contributed by atoms with van der Waals surface area (Å²) < 4.78 is 34.1. The highest BCUT2D eigenvalue weighted by Crippen LogP contribution is 2.43. The molecule has 2 unspecified atom stereocenters. The van der Waals surface area contributed by atoms with Crippen LogP contribution in [-0.4, -0.2) is 74.9 Å². The van der Waals surface area contributed by atoms with Crippen LogP contribution in [0.5, 0.6) is 0 Å². The average Bonchev–Trinajstić information content (AvgIpc) is 3.04. The van der Waals surface area contributed by atoms with Crippen LogP contribution >= 0.6 is 7.82 Å². The molecule has 290 valence electrons. The molecule has 0 saturated carbocycles. The standard InChI is InChI=1S/C39H76NO8P/c1-6-8-10-12-14-16-18-19-20-21-22-24-25-27-29-31-38(41)45-35-37(36-47-49(43,44)46-34-33-40(3,4)5)48-39(42)32-30-28-26-23-17-15-13-11-9-7-2/h11,13,37H,6-10,12,14-36H2,1-5H3/p+1/b13-11-. The van der Waals surface area contributed by atoms with Gasteiger partial charge in [0, 0.05) is 12.8 Å². The minimum Gasteiger partial charge on any atom is -0.462 e. The van der Waals surface area contributed by atoms with Gasteiger partial charge >= 0.3 is 19.8 Å². The monoisotopic (exact) mass is 719 g/mol. The van der Waals surface area contributed by atoms with Crippen molar-refractivity contribution in [3.8, 4) is 0 Å². The highest BCUT2D eigenvalue weighted by Gasteiger charge is 2.27. The maximum atomic E-state index is 12.6. The van der Waals surface area contributed by atoms with Crippen LogP contribution < -0.4 is 0 Å². The molecular weight excluding hydrogens is 641 g/mol. The number of allylic oxidation sites excluding steroid dienone is 2. The minimum absolute atomic E-state index is 0.0327. The molecule has 2 atom stereocenters. The quantitative estimate of drug-likeness (QED) is 0.0224. The zero-order chi connectivity index (χ0) is 36.5. The van der Waals surface area contributed by atoms with E-state index in [4.69, 9.17) is 18.5 Å². The first-order valence-electron chi connectivity index (χ1n) is 19.9. The molecule has 10 heteroatoms. The lowest BCUT2D eigenvalue weighted by Gasteiger charge is -2.24. The van der Waals surface area contributed by atoms with Crippen LogP contribution in [0.25, 0.3) is 0 Å². The van der Waals surface area contributed by atoms with Crippen LogP contribution in [0, 0.1) is 0 Å². The molecule has 0 aliphatic heterocycles. The molecule has 0 saturated heterocycles. The van der Waals surface area contributed by atoms with Gasteiger partial charge in [-0.25, -0.2) is 4.57 Å². The number of hydrogen-bond acceptors (Lipinski definition) is 7. The summed E-state index contributed by atoms with van der Waals surface area (Å²) in [7, 11) is 1.48. The van der Waals surface area contributed by atoms with Gasteiger partial charge < -0.3 is 18.9 Å². The number of ether oxygens (including phenoxy) is 2. The Balaban J connectivity index is 4.36. The summed E-state index contributed by atoms with van der Waals surface area (Å²) in [6.07, 6.45) is 31.2. The fraction of sp³-hybridized carbons (Fsp3) is 0.897. The Hall–Kier alpha value is -1.25. The SMILES string of the molecule is CCC/C=C\CCCCCCCC(=O)OC(COC(=O)CCCCCCCCCCCCCCCCC)COP(=O)(O)OCC[N+](C)(C)C. The van der Waals surface area contributed by atoms with E-state index in [1.807, 2.05) is 21.1 Å². The Bertz CT molecular complexity index is 860. The summed E-state index contributed by atoms with van der Waals surface area (Å²) in [6.45, 7) is 4.35. The summed E-state index contributed by atoms with van der Waals surface area (Å²) in [5, 5.41) is 0. The Morgan fingerprint density at radius 2 is 1.08 bits per heavy atom. The van der Waals surface area contributed by atoms with Crippen molar-refractivity contribution in [3.05, 3.63) is 12.2 Å². The van der Waals surface area contributed by atoms with Crippen molar-refractivity contribution < 1.29 is 42.1 Å². The molecule has 0 heterocycles. The van der Waals surface area contributed by atoms with Crippen LogP contribution in [0.15, 0.2) is 12.2 Å². The fourth-order valence-electron chi connectivity index (χ4n) is 5.37. The Morgan fingerprint density at radius 1 is 0.612 bits per heavy atom. The molecule has 0 bridgehead atoms. The molecule has 0 aliphatic rings. The predicted molar refractivity (Wildman–Crippen MR) is 201 cm³/mol. The number of likely N-dealkylation sites (N-methyl/N-ethyl adjacent to an activating group) is 1. The van der Waals surface area contributed by atoms with E-state index in [-0.39, 0.29) is 25.6 Å². The largest absolute Gasteiger partial charge is 0.472 e. The molecule has 0 fully saturated rings. The third kappa shape index (κ3) is 36.3. The van der Waals surface area contributed by atoms with Gasteiger partial charge in [0.15, 0.2) is 6.10 Å². The van der Waals surface area contributed by atoms with E-state index in [0.717, 1.165) is 57.8 Å². The second-order valence-electron chi connectivity index (χ2n) is 14.7. The first-order valence-corrected chi connectivity index (χ1v) is 21.4. The average molecular weight is 719 g/mol. The summed E-state index contributed by atoms with van der Waals surface area (Å²) in [5.74, 6) is -0.806. The molecule has 0 spiro atoms. The summed E-state index contributed by atoms with van der Waals surface area (Å²) in [6, 6.07) is 0. The van der Waals surface area contributed by atoms with Crippen molar-refractivity contribution in [2.75, 3.05) is 47.5 Å². The first-order chi connectivity index (χ1) is 23.5. The molecule has 0 amide bonds. The molecule has 0 aromatic rings. The van der Waals surface area contributed by atoms with Crippen LogP contribution in [0.1, 0.15) is 174 Å². The van der Waals surface area contributed by atoms with Crippen LogP contribution in [0.4, 0.5) is 0 Å². The smallest absolute Gasteiger partial charge is 0.462 e. The maximum Gasteiger partial charge on any atom is 0.472 e. The van der Waals surface area contributed by atoms with Gasteiger partial charge in [0.1, 0.15) is 19.8 Å². The van der Waals surface area contributed by atoms with Crippen molar-refractivity contribution >= 4 is 19.8 Å². The highest BCUT2D eigenvalue weighted by atomic mass is 31.2. The molecule has 9 nitrogen and oxygen atoms in total. The molecule has 0 rings (SSSR count). The Kier molecular flexibility index (Phi) is 31.8. The number of hydrogen-bond donors (Lipinski definition) is 1. The third-order valence-corrected chi connectivity index (χ3v) is 9.51. The lowest BCUT2D eigenvalue weighted by molar-refractivity contribution is -0.870. The van der Waals surface area contributed by atoms with Gasteiger partial charge in [-0.1, -0.05) is 142 Å². The lowest BCUT2D eigenvalue weighted by Crippen LogP contribution is -2.37. The van der Waals surface area contributed by atoms with E-state index in [1.54, 1.807) is 0 Å². The zero-order valence-corrected chi connectivity index (χ0v) is 33.3.